The highest BCUT2D eigenvalue weighted by Gasteiger charge is 2.17. The maximum Gasteiger partial charge on any atom is 0.226 e. The van der Waals surface area contributed by atoms with Crippen LogP contribution in [0.25, 0.3) is 66.6 Å². The van der Waals surface area contributed by atoms with E-state index in [2.05, 4.69) is 58.5 Å². The third-order valence-electron chi connectivity index (χ3n) is 6.46. The van der Waals surface area contributed by atoms with Crippen LogP contribution in [0.5, 0.6) is 0 Å². The molecule has 0 radical (unpaired) electrons. The standard InChI is InChI=1S/C31H18ClN3O/c32-31-34-29(23-14-13-20-9-4-5-10-21(20)17-23)33-30(35-31)24-11-6-12-27-28(24)25-18-22(15-16-26(25)36-27)19-7-2-1-3-8-19/h1-18H. The second-order valence-corrected chi connectivity index (χ2v) is 9.01. The van der Waals surface area contributed by atoms with Crippen LogP contribution in [-0.4, -0.2) is 15.0 Å². The van der Waals surface area contributed by atoms with Crippen LogP contribution in [0.2, 0.25) is 5.28 Å². The van der Waals surface area contributed by atoms with Crippen molar-refractivity contribution in [1.29, 1.82) is 0 Å². The fourth-order valence-corrected chi connectivity index (χ4v) is 4.91. The summed E-state index contributed by atoms with van der Waals surface area (Å²) < 4.78 is 6.19. The van der Waals surface area contributed by atoms with Gasteiger partial charge in [-0.1, -0.05) is 84.9 Å². The summed E-state index contributed by atoms with van der Waals surface area (Å²) in [6, 6.07) is 36.8. The van der Waals surface area contributed by atoms with E-state index >= 15 is 0 Å². The van der Waals surface area contributed by atoms with E-state index < -0.39 is 0 Å². The van der Waals surface area contributed by atoms with E-state index in [0.29, 0.717) is 11.6 Å². The first-order chi connectivity index (χ1) is 17.7. The van der Waals surface area contributed by atoms with E-state index in [9.17, 15) is 0 Å². The van der Waals surface area contributed by atoms with Crippen molar-refractivity contribution < 1.29 is 4.42 Å². The lowest BCUT2D eigenvalue weighted by atomic mass is 10.0. The summed E-state index contributed by atoms with van der Waals surface area (Å²) in [4.78, 5) is 13.8. The molecule has 4 nitrogen and oxygen atoms in total. The number of hydrogen-bond donors (Lipinski definition) is 0. The molecule has 0 saturated carbocycles. The van der Waals surface area contributed by atoms with Crippen LogP contribution < -0.4 is 0 Å². The number of rotatable bonds is 3. The van der Waals surface area contributed by atoms with E-state index in [0.717, 1.165) is 55.0 Å². The normalized spacial score (nSPS) is 11.5. The number of fused-ring (bicyclic) bond motifs is 4. The number of halogens is 1. The van der Waals surface area contributed by atoms with Crippen LogP contribution in [0.4, 0.5) is 0 Å². The van der Waals surface area contributed by atoms with E-state index in [1.807, 2.05) is 60.7 Å². The monoisotopic (exact) mass is 483 g/mol. The van der Waals surface area contributed by atoms with Crippen molar-refractivity contribution in [2.24, 2.45) is 0 Å². The van der Waals surface area contributed by atoms with Crippen LogP contribution in [-0.2, 0) is 0 Å². The lowest BCUT2D eigenvalue weighted by Crippen LogP contribution is -1.97. The van der Waals surface area contributed by atoms with Gasteiger partial charge in [0.15, 0.2) is 11.6 Å². The summed E-state index contributed by atoms with van der Waals surface area (Å²) in [5.41, 5.74) is 5.58. The van der Waals surface area contributed by atoms with Crippen LogP contribution >= 0.6 is 11.6 Å². The molecule has 0 aliphatic rings. The molecule has 0 N–H and O–H groups in total. The van der Waals surface area contributed by atoms with Gasteiger partial charge in [0.2, 0.25) is 5.28 Å². The molecule has 0 aliphatic carbocycles. The number of aromatic nitrogens is 3. The Bertz CT molecular complexity index is 1910. The molecule has 0 unspecified atom stereocenters. The minimum atomic E-state index is 0.151. The predicted molar refractivity (Wildman–Crippen MR) is 146 cm³/mol. The van der Waals surface area contributed by atoms with Crippen LogP contribution in [0, 0.1) is 0 Å². The fraction of sp³-hybridized carbons (Fsp3) is 0. The molecule has 170 valence electrons. The molecule has 0 amide bonds. The van der Waals surface area contributed by atoms with Gasteiger partial charge in [-0.05, 0) is 57.8 Å². The molecular weight excluding hydrogens is 466 g/mol. The van der Waals surface area contributed by atoms with Gasteiger partial charge < -0.3 is 4.42 Å². The first kappa shape index (κ1) is 20.8. The summed E-state index contributed by atoms with van der Waals surface area (Å²) in [5.74, 6) is 1.04. The van der Waals surface area contributed by atoms with Crippen molar-refractivity contribution in [1.82, 2.24) is 15.0 Å². The Kier molecular flexibility index (Phi) is 4.79. The van der Waals surface area contributed by atoms with Gasteiger partial charge in [-0.15, -0.1) is 0 Å². The van der Waals surface area contributed by atoms with Gasteiger partial charge >= 0.3 is 0 Å². The first-order valence-corrected chi connectivity index (χ1v) is 12.0. The average Bonchev–Trinajstić information content (AvgIpc) is 3.31. The Hall–Kier alpha value is -4.54. The molecule has 7 aromatic rings. The smallest absolute Gasteiger partial charge is 0.226 e. The molecule has 5 heteroatoms. The SMILES string of the molecule is Clc1nc(-c2ccc3ccccc3c2)nc(-c2cccc3oc4ccc(-c5ccccc5)cc4c23)n1. The highest BCUT2D eigenvalue weighted by Crippen LogP contribution is 2.38. The number of hydrogen-bond acceptors (Lipinski definition) is 4. The minimum Gasteiger partial charge on any atom is -0.456 e. The van der Waals surface area contributed by atoms with E-state index in [-0.39, 0.29) is 5.28 Å². The Labute approximate surface area is 211 Å². The Balaban J connectivity index is 1.43. The molecule has 0 bridgehead atoms. The maximum atomic E-state index is 6.43. The van der Waals surface area contributed by atoms with Crippen LogP contribution in [0.3, 0.4) is 0 Å². The summed E-state index contributed by atoms with van der Waals surface area (Å²) in [6.07, 6.45) is 0. The molecule has 0 atom stereocenters. The van der Waals surface area contributed by atoms with Gasteiger partial charge in [-0.2, -0.15) is 9.97 Å². The first-order valence-electron chi connectivity index (χ1n) is 11.6. The zero-order valence-corrected chi connectivity index (χ0v) is 19.8. The van der Waals surface area contributed by atoms with E-state index in [1.165, 1.54) is 0 Å². The molecule has 36 heavy (non-hydrogen) atoms. The van der Waals surface area contributed by atoms with E-state index in [4.69, 9.17) is 21.0 Å². The molecular formula is C31H18ClN3O. The molecule has 0 fully saturated rings. The largest absolute Gasteiger partial charge is 0.456 e. The van der Waals surface area contributed by atoms with Gasteiger partial charge in [0, 0.05) is 21.9 Å². The second-order valence-electron chi connectivity index (χ2n) is 8.67. The van der Waals surface area contributed by atoms with Gasteiger partial charge in [0.05, 0.1) is 0 Å². The van der Waals surface area contributed by atoms with Gasteiger partial charge in [-0.3, -0.25) is 0 Å². The summed E-state index contributed by atoms with van der Waals surface area (Å²) in [5, 5.41) is 4.38. The summed E-state index contributed by atoms with van der Waals surface area (Å²) in [6.45, 7) is 0. The molecule has 0 aliphatic heterocycles. The topological polar surface area (TPSA) is 51.8 Å². The number of benzene rings is 5. The fourth-order valence-electron chi connectivity index (χ4n) is 4.75. The van der Waals surface area contributed by atoms with Crippen LogP contribution in [0.1, 0.15) is 0 Å². The third-order valence-corrected chi connectivity index (χ3v) is 6.63. The summed E-state index contributed by atoms with van der Waals surface area (Å²) in [7, 11) is 0. The highest BCUT2D eigenvalue weighted by molar-refractivity contribution is 6.28. The Morgan fingerprint density at radius 1 is 0.528 bits per heavy atom. The quantitative estimate of drug-likeness (QED) is 0.252. The van der Waals surface area contributed by atoms with Crippen molar-refractivity contribution in [3.05, 3.63) is 114 Å². The van der Waals surface area contributed by atoms with Gasteiger partial charge in [-0.25, -0.2) is 4.98 Å². The number of nitrogens with zero attached hydrogens (tertiary/aromatic N) is 3. The van der Waals surface area contributed by atoms with Crippen molar-refractivity contribution in [3.63, 3.8) is 0 Å². The Morgan fingerprint density at radius 2 is 1.31 bits per heavy atom. The molecule has 5 aromatic carbocycles. The predicted octanol–water partition coefficient (Wildman–Crippen LogP) is 8.58. The Morgan fingerprint density at radius 3 is 2.19 bits per heavy atom. The highest BCUT2D eigenvalue weighted by atomic mass is 35.5. The van der Waals surface area contributed by atoms with Gasteiger partial charge in [0.1, 0.15) is 11.2 Å². The third kappa shape index (κ3) is 3.51. The lowest BCUT2D eigenvalue weighted by Gasteiger charge is -2.07. The van der Waals surface area contributed by atoms with Crippen molar-refractivity contribution >= 4 is 44.3 Å². The molecule has 2 heterocycles. The van der Waals surface area contributed by atoms with Crippen LogP contribution in [0.15, 0.2) is 114 Å². The molecule has 0 spiro atoms. The van der Waals surface area contributed by atoms with E-state index in [1.54, 1.807) is 0 Å². The second kappa shape index (κ2) is 8.29. The maximum absolute atomic E-state index is 6.43. The zero-order chi connectivity index (χ0) is 24.1. The van der Waals surface area contributed by atoms with Crippen molar-refractivity contribution in [2.75, 3.05) is 0 Å². The van der Waals surface area contributed by atoms with Crippen molar-refractivity contribution in [2.45, 2.75) is 0 Å². The average molecular weight is 484 g/mol. The molecule has 7 rings (SSSR count). The zero-order valence-electron chi connectivity index (χ0n) is 19.0. The molecule has 0 saturated heterocycles. The summed E-state index contributed by atoms with van der Waals surface area (Å²) >= 11 is 6.43. The lowest BCUT2D eigenvalue weighted by molar-refractivity contribution is 0.669. The number of furan rings is 1. The van der Waals surface area contributed by atoms with Gasteiger partial charge in [0.25, 0.3) is 0 Å². The minimum absolute atomic E-state index is 0.151. The van der Waals surface area contributed by atoms with Crippen molar-refractivity contribution in [3.8, 4) is 33.9 Å². The molecule has 2 aromatic heterocycles.